The van der Waals surface area contributed by atoms with E-state index in [2.05, 4.69) is 20.8 Å². The zero-order valence-corrected chi connectivity index (χ0v) is 18.0. The van der Waals surface area contributed by atoms with Gasteiger partial charge in [0.15, 0.2) is 0 Å². The van der Waals surface area contributed by atoms with E-state index in [1.807, 2.05) is 48.5 Å². The van der Waals surface area contributed by atoms with Gasteiger partial charge >= 0.3 is 5.97 Å². The van der Waals surface area contributed by atoms with Crippen molar-refractivity contribution in [3.05, 3.63) is 66.2 Å². The lowest BCUT2D eigenvalue weighted by atomic mass is 9.75. The smallest absolute Gasteiger partial charge is 0.339 e. The first-order valence-corrected chi connectivity index (χ1v) is 11.0. The van der Waals surface area contributed by atoms with Crippen molar-refractivity contribution in [2.75, 3.05) is 0 Å². The van der Waals surface area contributed by atoms with E-state index in [-0.39, 0.29) is 17.8 Å². The Morgan fingerprint density at radius 1 is 1.00 bits per heavy atom. The summed E-state index contributed by atoms with van der Waals surface area (Å²) in [6.07, 6.45) is 3.13. The maximum absolute atomic E-state index is 13.4. The minimum Gasteiger partial charge on any atom is -0.507 e. The number of esters is 1. The molecule has 1 N–H and O–H groups in total. The minimum atomic E-state index is -0.302. The molecule has 3 atom stereocenters. The van der Waals surface area contributed by atoms with E-state index in [9.17, 15) is 9.90 Å². The number of phenols is 1. The van der Waals surface area contributed by atoms with Crippen molar-refractivity contribution < 1.29 is 14.6 Å². The molecule has 0 unspecified atom stereocenters. The summed E-state index contributed by atoms with van der Waals surface area (Å²) >= 11 is 0. The number of fused-ring (bicyclic) bond motifs is 1. The van der Waals surface area contributed by atoms with E-state index >= 15 is 0 Å². The van der Waals surface area contributed by atoms with Gasteiger partial charge in [0.1, 0.15) is 11.9 Å². The molecule has 0 aliphatic heterocycles. The Morgan fingerprint density at radius 3 is 2.50 bits per heavy atom. The van der Waals surface area contributed by atoms with Crippen LogP contribution in [0.5, 0.6) is 5.75 Å². The van der Waals surface area contributed by atoms with Crippen molar-refractivity contribution >= 4 is 16.7 Å². The van der Waals surface area contributed by atoms with E-state index in [1.54, 1.807) is 12.1 Å². The van der Waals surface area contributed by atoms with Crippen LogP contribution in [0.2, 0.25) is 0 Å². The van der Waals surface area contributed by atoms with Crippen molar-refractivity contribution in [3.8, 4) is 16.9 Å². The number of benzene rings is 3. The van der Waals surface area contributed by atoms with Crippen LogP contribution in [0.3, 0.4) is 0 Å². The first kappa shape index (κ1) is 20.5. The fourth-order valence-corrected chi connectivity index (χ4v) is 4.87. The van der Waals surface area contributed by atoms with Crippen LogP contribution >= 0.6 is 0 Å². The molecule has 0 radical (unpaired) electrons. The number of hydrogen-bond acceptors (Lipinski definition) is 3. The molecular weight excluding hydrogens is 372 g/mol. The van der Waals surface area contributed by atoms with Crippen LogP contribution in [0.25, 0.3) is 21.9 Å². The van der Waals surface area contributed by atoms with Crippen LogP contribution < -0.4 is 0 Å². The molecule has 0 heterocycles. The summed E-state index contributed by atoms with van der Waals surface area (Å²) in [5.41, 5.74) is 1.90. The van der Waals surface area contributed by atoms with Gasteiger partial charge < -0.3 is 9.84 Å². The molecule has 1 saturated carbocycles. The predicted octanol–water partition coefficient (Wildman–Crippen LogP) is 6.83. The molecular formula is C27H30O3. The number of aromatic hydroxyl groups is 1. The second-order valence-electron chi connectivity index (χ2n) is 9.00. The second kappa shape index (κ2) is 8.51. The highest BCUT2D eigenvalue weighted by Crippen LogP contribution is 2.39. The molecule has 0 saturated heterocycles. The molecule has 0 bridgehead atoms. The topological polar surface area (TPSA) is 46.5 Å². The first-order valence-electron chi connectivity index (χ1n) is 11.0. The summed E-state index contributed by atoms with van der Waals surface area (Å²) < 4.78 is 6.15. The number of para-hydroxylation sites is 1. The lowest BCUT2D eigenvalue weighted by molar-refractivity contribution is -0.0173. The average molecular weight is 403 g/mol. The summed E-state index contributed by atoms with van der Waals surface area (Å²) in [6, 6.07) is 18.9. The third-order valence-corrected chi connectivity index (χ3v) is 6.54. The Hall–Kier alpha value is -2.81. The molecule has 4 rings (SSSR count). The Bertz CT molecular complexity index is 1050. The highest BCUT2D eigenvalue weighted by Gasteiger charge is 2.34. The highest BCUT2D eigenvalue weighted by atomic mass is 16.5. The summed E-state index contributed by atoms with van der Waals surface area (Å²) in [4.78, 5) is 13.4. The van der Waals surface area contributed by atoms with Gasteiger partial charge in [0.25, 0.3) is 0 Å². The van der Waals surface area contributed by atoms with Crippen LogP contribution in [0.1, 0.15) is 50.4 Å². The quantitative estimate of drug-likeness (QED) is 0.487. The zero-order valence-electron chi connectivity index (χ0n) is 18.0. The number of ether oxygens (including phenoxy) is 1. The number of hydrogen-bond donors (Lipinski definition) is 1. The summed E-state index contributed by atoms with van der Waals surface area (Å²) in [5.74, 6) is 1.29. The Labute approximate surface area is 178 Å². The molecule has 3 heteroatoms. The Balaban J connectivity index is 1.78. The molecule has 0 spiro atoms. The minimum absolute atomic E-state index is 0.0649. The van der Waals surface area contributed by atoms with Crippen molar-refractivity contribution in [1.82, 2.24) is 0 Å². The average Bonchev–Trinajstić information content (AvgIpc) is 2.73. The standard InChI is InChI=1S/C27H30O3/c1-17(2)20-14-12-18(3)16-25(20)30-27(29)23-15-13-19-8-4-5-9-21(19)26(23)22-10-6-7-11-24(22)28/h4-11,13,15,17-18,20,25,28H,12,14,16H2,1-3H3/t18-,20+,25-/m1/s1. The molecule has 30 heavy (non-hydrogen) atoms. The largest absolute Gasteiger partial charge is 0.507 e. The molecule has 3 nitrogen and oxygen atoms in total. The first-order chi connectivity index (χ1) is 14.5. The normalized spacial score (nSPS) is 21.7. The summed E-state index contributed by atoms with van der Waals surface area (Å²) in [5, 5.41) is 12.5. The van der Waals surface area contributed by atoms with Crippen molar-refractivity contribution in [2.24, 2.45) is 17.8 Å². The van der Waals surface area contributed by atoms with Gasteiger partial charge in [0, 0.05) is 11.1 Å². The molecule has 0 aromatic heterocycles. The van der Waals surface area contributed by atoms with E-state index in [4.69, 9.17) is 4.74 Å². The number of phenolic OH excluding ortho intramolecular Hbond substituents is 1. The van der Waals surface area contributed by atoms with Crippen molar-refractivity contribution in [3.63, 3.8) is 0 Å². The lowest BCUT2D eigenvalue weighted by Gasteiger charge is -2.36. The molecule has 1 aliphatic carbocycles. The third-order valence-electron chi connectivity index (χ3n) is 6.54. The van der Waals surface area contributed by atoms with Gasteiger partial charge in [-0.1, -0.05) is 75.7 Å². The van der Waals surface area contributed by atoms with Crippen molar-refractivity contribution in [2.45, 2.75) is 46.1 Å². The molecule has 0 amide bonds. The SMILES string of the molecule is CC(C)[C@@H]1CC[C@@H](C)C[C@H]1OC(=O)c1ccc2ccccc2c1-c1ccccc1O. The molecule has 3 aromatic carbocycles. The van der Waals surface area contributed by atoms with Gasteiger partial charge in [-0.3, -0.25) is 0 Å². The Morgan fingerprint density at radius 2 is 1.73 bits per heavy atom. The number of carbonyl (C=O) groups is 1. The lowest BCUT2D eigenvalue weighted by Crippen LogP contribution is -2.36. The fraction of sp³-hybridized carbons (Fsp3) is 0.370. The fourth-order valence-electron chi connectivity index (χ4n) is 4.87. The van der Waals surface area contributed by atoms with E-state index in [1.165, 1.54) is 6.42 Å². The molecule has 156 valence electrons. The Kier molecular flexibility index (Phi) is 5.80. The molecule has 1 fully saturated rings. The van der Waals surface area contributed by atoms with Gasteiger partial charge in [-0.25, -0.2) is 4.79 Å². The summed E-state index contributed by atoms with van der Waals surface area (Å²) in [6.45, 7) is 6.66. The maximum Gasteiger partial charge on any atom is 0.339 e. The van der Waals surface area contributed by atoms with E-state index in [0.717, 1.165) is 29.2 Å². The van der Waals surface area contributed by atoms with E-state index in [0.29, 0.717) is 28.9 Å². The van der Waals surface area contributed by atoms with E-state index < -0.39 is 0 Å². The van der Waals surface area contributed by atoms with Gasteiger partial charge in [-0.05, 0) is 53.5 Å². The zero-order chi connectivity index (χ0) is 21.3. The third kappa shape index (κ3) is 3.94. The molecule has 1 aliphatic rings. The monoisotopic (exact) mass is 402 g/mol. The van der Waals surface area contributed by atoms with Crippen LogP contribution in [-0.2, 0) is 4.74 Å². The maximum atomic E-state index is 13.4. The van der Waals surface area contributed by atoms with Crippen molar-refractivity contribution in [1.29, 1.82) is 0 Å². The second-order valence-corrected chi connectivity index (χ2v) is 9.00. The van der Waals surface area contributed by atoms with Gasteiger partial charge in [-0.2, -0.15) is 0 Å². The highest BCUT2D eigenvalue weighted by molar-refractivity contribution is 6.09. The summed E-state index contributed by atoms with van der Waals surface area (Å²) in [7, 11) is 0. The molecule has 3 aromatic rings. The van der Waals surface area contributed by atoms with Gasteiger partial charge in [0.2, 0.25) is 0 Å². The van der Waals surface area contributed by atoms with Crippen LogP contribution in [-0.4, -0.2) is 17.2 Å². The predicted molar refractivity (Wildman–Crippen MR) is 122 cm³/mol. The van der Waals surface area contributed by atoms with Crippen LogP contribution in [0.15, 0.2) is 60.7 Å². The number of rotatable bonds is 4. The number of carbonyl (C=O) groups excluding carboxylic acids is 1. The van der Waals surface area contributed by atoms with Crippen LogP contribution in [0, 0.1) is 17.8 Å². The van der Waals surface area contributed by atoms with Crippen LogP contribution in [0.4, 0.5) is 0 Å². The van der Waals surface area contributed by atoms with Gasteiger partial charge in [0.05, 0.1) is 5.56 Å². The van der Waals surface area contributed by atoms with Gasteiger partial charge in [-0.15, -0.1) is 0 Å².